The van der Waals surface area contributed by atoms with Gasteiger partial charge in [-0.3, -0.25) is 10.1 Å². The Hall–Kier alpha value is -2.67. The molecule has 0 aliphatic heterocycles. The minimum Gasteiger partial charge on any atom is -0.364 e. The van der Waals surface area contributed by atoms with Crippen molar-refractivity contribution in [2.75, 3.05) is 17.2 Å². The first-order chi connectivity index (χ1) is 13.1. The molecule has 0 bridgehead atoms. The minimum atomic E-state index is -0.468. The molecule has 0 fully saturated rings. The van der Waals surface area contributed by atoms with Gasteiger partial charge in [-0.1, -0.05) is 29.3 Å². The summed E-state index contributed by atoms with van der Waals surface area (Å²) in [6.45, 7) is 2.44. The molecular formula is C19H22ClN5O2. The van der Waals surface area contributed by atoms with Crippen molar-refractivity contribution in [3.63, 3.8) is 0 Å². The van der Waals surface area contributed by atoms with Crippen LogP contribution in [0.2, 0.25) is 5.02 Å². The van der Waals surface area contributed by atoms with Gasteiger partial charge in [0.15, 0.2) is 0 Å². The zero-order chi connectivity index (χ0) is 19.2. The summed E-state index contributed by atoms with van der Waals surface area (Å²) >= 11 is 6.13. The second-order valence-corrected chi connectivity index (χ2v) is 6.91. The first-order valence-corrected chi connectivity index (χ1v) is 9.37. The lowest BCUT2D eigenvalue weighted by Crippen LogP contribution is -2.10. The largest absolute Gasteiger partial charge is 0.364 e. The lowest BCUT2D eigenvalue weighted by atomic mass is 9.97. The Kier molecular flexibility index (Phi) is 6.24. The van der Waals surface area contributed by atoms with Crippen LogP contribution >= 0.6 is 11.6 Å². The maximum Gasteiger partial charge on any atom is 0.353 e. The van der Waals surface area contributed by atoms with Gasteiger partial charge in [-0.05, 0) is 56.7 Å². The molecule has 27 heavy (non-hydrogen) atoms. The topological polar surface area (TPSA) is 93.0 Å². The smallest absolute Gasteiger partial charge is 0.353 e. The van der Waals surface area contributed by atoms with Gasteiger partial charge in [0.05, 0.1) is 4.92 Å². The minimum absolute atomic E-state index is 0.139. The monoisotopic (exact) mass is 387 g/mol. The number of rotatable bonds is 7. The quantitative estimate of drug-likeness (QED) is 0.375. The Morgan fingerprint density at radius 3 is 2.81 bits per heavy atom. The highest BCUT2D eigenvalue weighted by Gasteiger charge is 2.23. The Morgan fingerprint density at radius 1 is 1.26 bits per heavy atom. The Morgan fingerprint density at radius 2 is 2.07 bits per heavy atom. The summed E-state index contributed by atoms with van der Waals surface area (Å²) in [5, 5.41) is 18.3. The van der Waals surface area contributed by atoms with Crippen LogP contribution in [-0.2, 0) is 0 Å². The molecule has 0 amide bonds. The van der Waals surface area contributed by atoms with E-state index in [2.05, 4.69) is 26.7 Å². The van der Waals surface area contributed by atoms with E-state index in [4.69, 9.17) is 11.6 Å². The zero-order valence-corrected chi connectivity index (χ0v) is 15.9. The molecule has 2 N–H and O–H groups in total. The van der Waals surface area contributed by atoms with E-state index in [0.29, 0.717) is 17.3 Å². The number of aromatic nitrogens is 2. The van der Waals surface area contributed by atoms with Gasteiger partial charge in [0.25, 0.3) is 0 Å². The number of halogens is 1. The average molecular weight is 388 g/mol. The summed E-state index contributed by atoms with van der Waals surface area (Å²) in [6, 6.07) is 5.35. The number of allylic oxidation sites excluding steroid dienone is 1. The molecule has 142 valence electrons. The standard InChI is InChI=1S/C19H22ClN5O2/c1-13-15(20)8-5-9-16(13)24-19-17(25(26)27)18(22-12-23-19)21-11-10-14-6-3-2-4-7-14/h5-6,8-9,12H,2-4,7,10-11H2,1H3,(H2,21,22,23,24). The normalized spacial score (nSPS) is 13.8. The van der Waals surface area contributed by atoms with Crippen LogP contribution < -0.4 is 10.6 Å². The molecule has 7 nitrogen and oxygen atoms in total. The first-order valence-electron chi connectivity index (χ1n) is 8.99. The second-order valence-electron chi connectivity index (χ2n) is 6.50. The van der Waals surface area contributed by atoms with E-state index in [1.165, 1.54) is 24.7 Å². The molecule has 0 saturated heterocycles. The van der Waals surface area contributed by atoms with Gasteiger partial charge in [0.2, 0.25) is 11.6 Å². The molecule has 0 atom stereocenters. The van der Waals surface area contributed by atoms with Crippen molar-refractivity contribution in [1.29, 1.82) is 0 Å². The molecule has 2 aromatic rings. The van der Waals surface area contributed by atoms with Crippen molar-refractivity contribution in [2.45, 2.75) is 39.0 Å². The molecule has 1 aliphatic carbocycles. The van der Waals surface area contributed by atoms with Gasteiger partial charge in [0, 0.05) is 17.3 Å². The number of anilines is 3. The molecule has 0 unspecified atom stereocenters. The highest BCUT2D eigenvalue weighted by atomic mass is 35.5. The summed E-state index contributed by atoms with van der Waals surface area (Å²) in [6.07, 6.45) is 9.13. The average Bonchev–Trinajstić information content (AvgIpc) is 2.66. The molecule has 1 aliphatic rings. The third kappa shape index (κ3) is 4.74. The van der Waals surface area contributed by atoms with Crippen LogP contribution in [0.3, 0.4) is 0 Å². The van der Waals surface area contributed by atoms with Crippen molar-refractivity contribution < 1.29 is 4.92 Å². The van der Waals surface area contributed by atoms with Gasteiger partial charge >= 0.3 is 5.69 Å². The van der Waals surface area contributed by atoms with E-state index < -0.39 is 4.92 Å². The summed E-state index contributed by atoms with van der Waals surface area (Å²) in [5.41, 5.74) is 2.70. The summed E-state index contributed by atoms with van der Waals surface area (Å²) in [5.74, 6) is 0.355. The number of benzene rings is 1. The highest BCUT2D eigenvalue weighted by Crippen LogP contribution is 2.33. The zero-order valence-electron chi connectivity index (χ0n) is 15.2. The summed E-state index contributed by atoms with van der Waals surface area (Å²) < 4.78 is 0. The molecule has 1 aromatic carbocycles. The number of nitrogens with one attached hydrogen (secondary N) is 2. The van der Waals surface area contributed by atoms with Crippen LogP contribution in [0.15, 0.2) is 36.2 Å². The molecule has 1 aromatic heterocycles. The molecule has 0 saturated carbocycles. The fourth-order valence-corrected chi connectivity index (χ4v) is 3.29. The van der Waals surface area contributed by atoms with Crippen molar-refractivity contribution in [1.82, 2.24) is 9.97 Å². The first kappa shape index (κ1) is 19.1. The number of hydrogen-bond donors (Lipinski definition) is 2. The van der Waals surface area contributed by atoms with Gasteiger partial charge < -0.3 is 10.6 Å². The van der Waals surface area contributed by atoms with Crippen LogP contribution in [0, 0.1) is 17.0 Å². The van der Waals surface area contributed by atoms with Crippen LogP contribution in [-0.4, -0.2) is 21.4 Å². The van der Waals surface area contributed by atoms with Crippen molar-refractivity contribution >= 4 is 34.6 Å². The second kappa shape index (κ2) is 8.81. The van der Waals surface area contributed by atoms with E-state index in [9.17, 15) is 10.1 Å². The lowest BCUT2D eigenvalue weighted by Gasteiger charge is -2.14. The van der Waals surface area contributed by atoms with Gasteiger partial charge in [0.1, 0.15) is 6.33 Å². The van der Waals surface area contributed by atoms with Gasteiger partial charge in [-0.25, -0.2) is 9.97 Å². The van der Waals surface area contributed by atoms with Gasteiger partial charge in [-0.15, -0.1) is 0 Å². The molecule has 1 heterocycles. The van der Waals surface area contributed by atoms with Gasteiger partial charge in [-0.2, -0.15) is 0 Å². The number of nitrogens with zero attached hydrogens (tertiary/aromatic N) is 3. The molecule has 0 radical (unpaired) electrons. The molecular weight excluding hydrogens is 366 g/mol. The lowest BCUT2D eigenvalue weighted by molar-refractivity contribution is -0.383. The maximum absolute atomic E-state index is 11.7. The number of nitro groups is 1. The van der Waals surface area contributed by atoms with Crippen LogP contribution in [0.4, 0.5) is 23.0 Å². The van der Waals surface area contributed by atoms with Crippen LogP contribution in [0.25, 0.3) is 0 Å². The summed E-state index contributed by atoms with van der Waals surface area (Å²) in [7, 11) is 0. The third-order valence-electron chi connectivity index (χ3n) is 4.65. The molecule has 3 rings (SSSR count). The summed E-state index contributed by atoms with van der Waals surface area (Å²) in [4.78, 5) is 19.3. The van der Waals surface area contributed by atoms with E-state index >= 15 is 0 Å². The van der Waals surface area contributed by atoms with E-state index in [1.807, 2.05) is 6.92 Å². The fourth-order valence-electron chi connectivity index (χ4n) is 3.12. The van der Waals surface area contributed by atoms with Crippen LogP contribution in [0.5, 0.6) is 0 Å². The number of hydrogen-bond acceptors (Lipinski definition) is 6. The third-order valence-corrected chi connectivity index (χ3v) is 5.06. The van der Waals surface area contributed by atoms with E-state index in [0.717, 1.165) is 24.8 Å². The van der Waals surface area contributed by atoms with Crippen molar-refractivity contribution in [3.05, 3.63) is 56.9 Å². The van der Waals surface area contributed by atoms with Crippen molar-refractivity contribution in [2.24, 2.45) is 0 Å². The van der Waals surface area contributed by atoms with Crippen LogP contribution in [0.1, 0.15) is 37.7 Å². The predicted molar refractivity (Wildman–Crippen MR) is 108 cm³/mol. The molecule has 0 spiro atoms. The molecule has 8 heteroatoms. The predicted octanol–water partition coefficient (Wildman–Crippen LogP) is 5.39. The van der Waals surface area contributed by atoms with Crippen molar-refractivity contribution in [3.8, 4) is 0 Å². The Bertz CT molecular complexity index is 869. The highest BCUT2D eigenvalue weighted by molar-refractivity contribution is 6.31. The Balaban J connectivity index is 1.78. The Labute approximate surface area is 163 Å². The fraction of sp³-hybridized carbons (Fsp3) is 0.368. The van der Waals surface area contributed by atoms with E-state index in [1.54, 1.807) is 18.2 Å². The SMILES string of the molecule is Cc1c(Cl)cccc1Nc1ncnc(NCCC2=CCCCC2)c1[N+](=O)[O-]. The maximum atomic E-state index is 11.7. The van der Waals surface area contributed by atoms with E-state index in [-0.39, 0.29) is 17.3 Å².